The van der Waals surface area contributed by atoms with Gasteiger partial charge >= 0.3 is 5.97 Å². The second kappa shape index (κ2) is 16.2. The van der Waals surface area contributed by atoms with E-state index in [0.717, 1.165) is 0 Å². The Morgan fingerprint density at radius 1 is 0.676 bits per heavy atom. The molecule has 4 atom stereocenters. The van der Waals surface area contributed by atoms with Gasteiger partial charge in [0.15, 0.2) is 5.96 Å². The number of amides is 6. The summed E-state index contributed by atoms with van der Waals surface area (Å²) in [4.78, 5) is 86.5. The van der Waals surface area contributed by atoms with E-state index in [0.29, 0.717) is 0 Å². The number of rotatable bonds is 18. The van der Waals surface area contributed by atoms with Crippen LogP contribution in [0.3, 0.4) is 0 Å². The second-order valence-electron chi connectivity index (χ2n) is 7.92. The molecule has 0 saturated heterocycles. The van der Waals surface area contributed by atoms with Crippen LogP contribution in [0.5, 0.6) is 0 Å². The second-order valence-corrected chi connectivity index (χ2v) is 7.92. The lowest BCUT2D eigenvalue weighted by Gasteiger charge is -2.25. The highest BCUT2D eigenvalue weighted by molar-refractivity contribution is 5.95. The first-order valence-corrected chi connectivity index (χ1v) is 10.9. The van der Waals surface area contributed by atoms with Crippen LogP contribution in [0.25, 0.3) is 0 Å². The number of carbonyl (C=O) groups is 7. The molecule has 37 heavy (non-hydrogen) atoms. The van der Waals surface area contributed by atoms with Gasteiger partial charge in [-0.1, -0.05) is 0 Å². The number of nitrogens with two attached hydrogens (primary N) is 6. The molecule has 0 fully saturated rings. The first-order valence-electron chi connectivity index (χ1n) is 10.9. The molecule has 0 saturated carbocycles. The van der Waals surface area contributed by atoms with Crippen molar-refractivity contribution in [2.75, 3.05) is 6.54 Å². The molecule has 0 heterocycles. The fraction of sp³-hybridized carbons (Fsp3) is 0.579. The van der Waals surface area contributed by atoms with Crippen LogP contribution in [-0.2, 0) is 33.6 Å². The van der Waals surface area contributed by atoms with Gasteiger partial charge in [0, 0.05) is 13.0 Å². The molecule has 0 radical (unpaired) electrons. The van der Waals surface area contributed by atoms with Gasteiger partial charge in [-0.25, -0.2) is 4.79 Å². The Kier molecular flexibility index (Phi) is 14.3. The third kappa shape index (κ3) is 14.5. The van der Waals surface area contributed by atoms with Crippen molar-refractivity contribution in [2.45, 2.75) is 62.7 Å². The van der Waals surface area contributed by atoms with Gasteiger partial charge in [-0.15, -0.1) is 0 Å². The minimum atomic E-state index is -1.68. The zero-order valence-electron chi connectivity index (χ0n) is 20.0. The quantitative estimate of drug-likeness (QED) is 0.0451. The summed E-state index contributed by atoms with van der Waals surface area (Å²) in [5.41, 5.74) is 31.2. The summed E-state index contributed by atoms with van der Waals surface area (Å²) in [5, 5.41) is 15.9. The molecule has 4 unspecified atom stereocenters. The van der Waals surface area contributed by atoms with E-state index in [2.05, 4.69) is 20.9 Å². The van der Waals surface area contributed by atoms with Crippen molar-refractivity contribution in [2.24, 2.45) is 39.4 Å². The van der Waals surface area contributed by atoms with Gasteiger partial charge in [-0.3, -0.25) is 33.8 Å². The summed E-state index contributed by atoms with van der Waals surface area (Å²) >= 11 is 0. The minimum absolute atomic E-state index is 0.0510. The monoisotopic (exact) mass is 530 g/mol. The molecular formula is C19H34N10O8. The highest BCUT2D eigenvalue weighted by atomic mass is 16.4. The van der Waals surface area contributed by atoms with Gasteiger partial charge in [0.05, 0.1) is 18.9 Å². The number of hydrogen-bond donors (Lipinski definition) is 10. The Morgan fingerprint density at radius 2 is 1.16 bits per heavy atom. The number of aliphatic carboxylic acids is 1. The Labute approximate surface area is 211 Å². The van der Waals surface area contributed by atoms with Crippen molar-refractivity contribution < 1.29 is 38.7 Å². The molecule has 16 N–H and O–H groups in total. The van der Waals surface area contributed by atoms with Gasteiger partial charge in [0.1, 0.15) is 18.1 Å². The molecule has 0 aliphatic heterocycles. The predicted molar refractivity (Wildman–Crippen MR) is 127 cm³/mol. The summed E-state index contributed by atoms with van der Waals surface area (Å²) in [6.45, 7) is 0.0510. The largest absolute Gasteiger partial charge is 0.480 e. The number of aliphatic imine (C=N–C) groups is 1. The average Bonchev–Trinajstić information content (AvgIpc) is 2.76. The number of guanidine groups is 1. The van der Waals surface area contributed by atoms with E-state index in [9.17, 15) is 38.7 Å². The van der Waals surface area contributed by atoms with Crippen LogP contribution < -0.4 is 50.4 Å². The third-order valence-corrected chi connectivity index (χ3v) is 4.67. The van der Waals surface area contributed by atoms with Crippen molar-refractivity contribution in [1.82, 2.24) is 16.0 Å². The number of nitrogens with one attached hydrogen (secondary N) is 3. The van der Waals surface area contributed by atoms with Crippen molar-refractivity contribution in [3.63, 3.8) is 0 Å². The molecule has 18 nitrogen and oxygen atoms in total. The zero-order valence-corrected chi connectivity index (χ0v) is 20.0. The molecule has 0 aliphatic rings. The number of nitrogens with zero attached hydrogens (tertiary/aromatic N) is 1. The van der Waals surface area contributed by atoms with Crippen molar-refractivity contribution in [3.8, 4) is 0 Å². The first kappa shape index (κ1) is 32.5. The van der Waals surface area contributed by atoms with E-state index in [-0.39, 0.29) is 38.2 Å². The van der Waals surface area contributed by atoms with Crippen molar-refractivity contribution in [3.05, 3.63) is 0 Å². The fourth-order valence-electron chi connectivity index (χ4n) is 2.86. The van der Waals surface area contributed by atoms with Crippen LogP contribution in [0.15, 0.2) is 4.99 Å². The lowest BCUT2D eigenvalue weighted by Crippen LogP contribution is -2.57. The van der Waals surface area contributed by atoms with Gasteiger partial charge < -0.3 is 55.5 Å². The maximum Gasteiger partial charge on any atom is 0.326 e. The van der Waals surface area contributed by atoms with E-state index in [4.69, 9.17) is 34.4 Å². The van der Waals surface area contributed by atoms with Crippen LogP contribution >= 0.6 is 0 Å². The lowest BCUT2D eigenvalue weighted by atomic mass is 10.1. The number of carboxylic acids is 1. The van der Waals surface area contributed by atoms with Crippen LogP contribution in [0.1, 0.15) is 38.5 Å². The number of primary amides is 3. The summed E-state index contributed by atoms with van der Waals surface area (Å²) in [7, 11) is 0. The third-order valence-electron chi connectivity index (χ3n) is 4.67. The van der Waals surface area contributed by atoms with E-state index < -0.39 is 78.4 Å². The van der Waals surface area contributed by atoms with Crippen LogP contribution in [-0.4, -0.2) is 83.2 Å². The minimum Gasteiger partial charge on any atom is -0.480 e. The number of hydrogen-bond acceptors (Lipinski definition) is 9. The summed E-state index contributed by atoms with van der Waals surface area (Å²) in [6.07, 6.45) is -1.84. The smallest absolute Gasteiger partial charge is 0.326 e. The molecule has 0 bridgehead atoms. The maximum atomic E-state index is 12.9. The number of carboxylic acid groups (broad SMARTS) is 1. The summed E-state index contributed by atoms with van der Waals surface area (Å²) in [6, 6.07) is -5.89. The summed E-state index contributed by atoms with van der Waals surface area (Å²) < 4.78 is 0. The van der Waals surface area contributed by atoms with Gasteiger partial charge in [0.25, 0.3) is 0 Å². The highest BCUT2D eigenvalue weighted by Crippen LogP contribution is 2.05. The van der Waals surface area contributed by atoms with Crippen LogP contribution in [0, 0.1) is 0 Å². The molecule has 0 aromatic carbocycles. The Bertz CT molecular complexity index is 905. The topological polar surface area (TPSA) is 344 Å². The fourth-order valence-corrected chi connectivity index (χ4v) is 2.86. The molecule has 0 rings (SSSR count). The zero-order chi connectivity index (χ0) is 28.7. The molecule has 0 aromatic heterocycles. The van der Waals surface area contributed by atoms with E-state index in [1.807, 2.05) is 0 Å². The SMILES string of the molecule is NC(=O)CCC(NC(=O)C(N)CC(N)=O)C(=O)NC(CCCN=C(N)N)C(=O)NC(CC(N)=O)C(=O)O. The molecule has 18 heteroatoms. The Morgan fingerprint density at radius 3 is 1.62 bits per heavy atom. The molecule has 208 valence electrons. The van der Waals surface area contributed by atoms with Crippen LogP contribution in [0.2, 0.25) is 0 Å². The molecule has 6 amide bonds. The van der Waals surface area contributed by atoms with Crippen LogP contribution in [0.4, 0.5) is 0 Å². The van der Waals surface area contributed by atoms with Crippen molar-refractivity contribution >= 4 is 47.4 Å². The molecule has 0 aliphatic carbocycles. The first-order chi connectivity index (χ1) is 17.1. The van der Waals surface area contributed by atoms with E-state index >= 15 is 0 Å². The standard InChI is InChI=1S/C19H34N10O8/c20-8(6-13(22)31)15(33)27-10(3-4-12(21)30)17(35)28-9(2-1-5-26-19(24)25)16(34)29-11(18(36)37)7-14(23)32/h8-11H,1-7,20H2,(H2,21,30)(H2,22,31)(H2,23,32)(H,27,33)(H,28,35)(H,29,34)(H,36,37)(H4,24,25,26). The Hall–Kier alpha value is -4.48. The van der Waals surface area contributed by atoms with Crippen molar-refractivity contribution in [1.29, 1.82) is 0 Å². The normalized spacial score (nSPS) is 13.6. The average molecular weight is 531 g/mol. The molecule has 0 aromatic rings. The van der Waals surface area contributed by atoms with Gasteiger partial charge in [0.2, 0.25) is 35.4 Å². The molecule has 0 spiro atoms. The predicted octanol–water partition coefficient (Wildman–Crippen LogP) is -6.08. The Balaban J connectivity index is 5.74. The number of carbonyl (C=O) groups excluding carboxylic acids is 6. The van der Waals surface area contributed by atoms with E-state index in [1.165, 1.54) is 0 Å². The van der Waals surface area contributed by atoms with E-state index in [1.54, 1.807) is 0 Å². The highest BCUT2D eigenvalue weighted by Gasteiger charge is 2.31. The van der Waals surface area contributed by atoms with Gasteiger partial charge in [-0.2, -0.15) is 0 Å². The maximum absolute atomic E-state index is 12.9. The summed E-state index contributed by atoms with van der Waals surface area (Å²) in [5.74, 6) is -7.32. The van der Waals surface area contributed by atoms with Gasteiger partial charge in [-0.05, 0) is 19.3 Å². The lowest BCUT2D eigenvalue weighted by molar-refractivity contribution is -0.143. The molecular weight excluding hydrogens is 496 g/mol.